The Labute approximate surface area is 114 Å². The molecule has 0 bridgehead atoms. The lowest BCUT2D eigenvalue weighted by atomic mass is 10.1. The number of methoxy groups -OCH3 is 1. The highest BCUT2D eigenvalue weighted by Gasteiger charge is 2.23. The van der Waals surface area contributed by atoms with Crippen molar-refractivity contribution in [2.75, 3.05) is 12.9 Å². The normalized spacial score (nSPS) is 13.1. The number of esters is 1. The number of hydrogen-bond acceptors (Lipinski definition) is 4. The van der Waals surface area contributed by atoms with Crippen LogP contribution in [0.2, 0.25) is 0 Å². The van der Waals surface area contributed by atoms with E-state index in [1.165, 1.54) is 7.11 Å². The molecular weight excluding hydrogens is 264 g/mol. The standard InChI is InChI=1S/C14H20O4S/c1-10-6-5-7-11(2)13(10)9-19(16,17)8-12(3)14(15)18-4/h5-7,12H,8-9H2,1-4H3. The molecule has 0 saturated carbocycles. The number of hydrogen-bond donors (Lipinski definition) is 0. The van der Waals surface area contributed by atoms with E-state index in [1.54, 1.807) is 6.92 Å². The van der Waals surface area contributed by atoms with Crippen LogP contribution in [0, 0.1) is 19.8 Å². The maximum Gasteiger partial charge on any atom is 0.309 e. The molecule has 0 saturated heterocycles. The third-order valence-corrected chi connectivity index (χ3v) is 4.85. The van der Waals surface area contributed by atoms with Gasteiger partial charge in [-0.25, -0.2) is 8.42 Å². The van der Waals surface area contributed by atoms with Crippen LogP contribution in [0.4, 0.5) is 0 Å². The first-order valence-electron chi connectivity index (χ1n) is 6.10. The molecule has 1 unspecified atom stereocenters. The average Bonchev–Trinajstić information content (AvgIpc) is 2.32. The van der Waals surface area contributed by atoms with E-state index in [4.69, 9.17) is 0 Å². The molecule has 0 fully saturated rings. The summed E-state index contributed by atoms with van der Waals surface area (Å²) in [5.41, 5.74) is 2.73. The van der Waals surface area contributed by atoms with Crippen molar-refractivity contribution >= 4 is 15.8 Å². The topological polar surface area (TPSA) is 60.4 Å². The Morgan fingerprint density at radius 3 is 2.26 bits per heavy atom. The van der Waals surface area contributed by atoms with Crippen molar-refractivity contribution in [2.45, 2.75) is 26.5 Å². The Hall–Kier alpha value is -1.36. The van der Waals surface area contributed by atoms with Gasteiger partial charge in [0.25, 0.3) is 0 Å². The van der Waals surface area contributed by atoms with Crippen molar-refractivity contribution in [2.24, 2.45) is 5.92 Å². The third-order valence-electron chi connectivity index (χ3n) is 3.12. The first kappa shape index (κ1) is 15.7. The first-order valence-corrected chi connectivity index (χ1v) is 7.92. The molecular formula is C14H20O4S. The van der Waals surface area contributed by atoms with Crippen LogP contribution in [0.15, 0.2) is 18.2 Å². The summed E-state index contributed by atoms with van der Waals surface area (Å²) in [6.07, 6.45) is 0. The van der Waals surface area contributed by atoms with E-state index in [2.05, 4.69) is 4.74 Å². The Kier molecular flexibility index (Phi) is 5.11. The number of carbonyl (C=O) groups excluding carboxylic acids is 1. The van der Waals surface area contributed by atoms with Gasteiger partial charge in [0.2, 0.25) is 0 Å². The van der Waals surface area contributed by atoms with Gasteiger partial charge in [0.15, 0.2) is 9.84 Å². The van der Waals surface area contributed by atoms with Gasteiger partial charge in [-0.15, -0.1) is 0 Å². The molecule has 1 aromatic rings. The number of benzene rings is 1. The lowest BCUT2D eigenvalue weighted by molar-refractivity contribution is -0.144. The van der Waals surface area contributed by atoms with E-state index in [-0.39, 0.29) is 11.5 Å². The fourth-order valence-corrected chi connectivity index (χ4v) is 3.92. The summed E-state index contributed by atoms with van der Waals surface area (Å²) >= 11 is 0. The van der Waals surface area contributed by atoms with E-state index in [0.717, 1.165) is 16.7 Å². The summed E-state index contributed by atoms with van der Waals surface area (Å²) in [5.74, 6) is -1.36. The second kappa shape index (κ2) is 6.19. The molecule has 106 valence electrons. The van der Waals surface area contributed by atoms with Crippen LogP contribution in [0.1, 0.15) is 23.6 Å². The summed E-state index contributed by atoms with van der Waals surface area (Å²) in [6.45, 7) is 5.34. The number of aryl methyl sites for hydroxylation is 2. The molecule has 1 rings (SSSR count). The van der Waals surface area contributed by atoms with Crippen LogP contribution in [0.5, 0.6) is 0 Å². The number of carbonyl (C=O) groups is 1. The van der Waals surface area contributed by atoms with Gasteiger partial charge in [-0.1, -0.05) is 25.1 Å². The second-order valence-electron chi connectivity index (χ2n) is 4.85. The molecule has 0 spiro atoms. The van der Waals surface area contributed by atoms with Gasteiger partial charge >= 0.3 is 5.97 Å². The highest BCUT2D eigenvalue weighted by Crippen LogP contribution is 2.18. The van der Waals surface area contributed by atoms with E-state index in [1.807, 2.05) is 32.0 Å². The van der Waals surface area contributed by atoms with Gasteiger partial charge in [0.05, 0.1) is 24.5 Å². The van der Waals surface area contributed by atoms with Gasteiger partial charge in [-0.05, 0) is 30.5 Å². The van der Waals surface area contributed by atoms with Gasteiger partial charge in [-0.3, -0.25) is 4.79 Å². The lowest BCUT2D eigenvalue weighted by Crippen LogP contribution is -2.23. The second-order valence-corrected chi connectivity index (χ2v) is 6.96. The molecule has 0 radical (unpaired) electrons. The Morgan fingerprint density at radius 2 is 1.79 bits per heavy atom. The van der Waals surface area contributed by atoms with E-state index in [0.29, 0.717) is 0 Å². The Balaban J connectivity index is 2.89. The van der Waals surface area contributed by atoms with Gasteiger partial charge < -0.3 is 4.74 Å². The molecule has 0 aromatic heterocycles. The van der Waals surface area contributed by atoms with Crippen LogP contribution in [0.25, 0.3) is 0 Å². The molecule has 19 heavy (non-hydrogen) atoms. The Morgan fingerprint density at radius 1 is 1.26 bits per heavy atom. The molecule has 0 aliphatic rings. The van der Waals surface area contributed by atoms with Crippen LogP contribution >= 0.6 is 0 Å². The monoisotopic (exact) mass is 284 g/mol. The largest absolute Gasteiger partial charge is 0.469 e. The third kappa shape index (κ3) is 4.35. The van der Waals surface area contributed by atoms with Crippen molar-refractivity contribution in [1.29, 1.82) is 0 Å². The number of ether oxygens (including phenoxy) is 1. The van der Waals surface area contributed by atoms with E-state index >= 15 is 0 Å². The predicted molar refractivity (Wildman–Crippen MR) is 74.6 cm³/mol. The summed E-state index contributed by atoms with van der Waals surface area (Å²) < 4.78 is 28.8. The van der Waals surface area contributed by atoms with Gasteiger partial charge in [0, 0.05) is 0 Å². The van der Waals surface area contributed by atoms with Crippen molar-refractivity contribution in [3.05, 3.63) is 34.9 Å². The summed E-state index contributed by atoms with van der Waals surface area (Å²) in [7, 11) is -2.07. The molecule has 4 nitrogen and oxygen atoms in total. The van der Waals surface area contributed by atoms with Crippen LogP contribution in [-0.4, -0.2) is 27.2 Å². The average molecular weight is 284 g/mol. The summed E-state index contributed by atoms with van der Waals surface area (Å²) in [4.78, 5) is 11.3. The maximum atomic E-state index is 12.1. The lowest BCUT2D eigenvalue weighted by Gasteiger charge is -2.13. The van der Waals surface area contributed by atoms with Crippen molar-refractivity contribution in [3.8, 4) is 0 Å². The van der Waals surface area contributed by atoms with Crippen molar-refractivity contribution < 1.29 is 17.9 Å². The Bertz CT molecular complexity index is 541. The SMILES string of the molecule is COC(=O)C(C)CS(=O)(=O)Cc1c(C)cccc1C. The number of sulfone groups is 1. The minimum atomic E-state index is -3.33. The zero-order chi connectivity index (χ0) is 14.6. The first-order chi connectivity index (χ1) is 8.76. The van der Waals surface area contributed by atoms with Gasteiger partial charge in [-0.2, -0.15) is 0 Å². The van der Waals surface area contributed by atoms with E-state index < -0.39 is 21.7 Å². The molecule has 0 aliphatic carbocycles. The highest BCUT2D eigenvalue weighted by molar-refractivity contribution is 7.90. The summed E-state index contributed by atoms with van der Waals surface area (Å²) in [5, 5.41) is 0. The maximum absolute atomic E-state index is 12.1. The molecule has 1 atom stereocenters. The van der Waals surface area contributed by atoms with Crippen molar-refractivity contribution in [3.63, 3.8) is 0 Å². The van der Waals surface area contributed by atoms with Crippen molar-refractivity contribution in [1.82, 2.24) is 0 Å². The zero-order valence-electron chi connectivity index (χ0n) is 11.8. The molecule has 0 amide bonds. The highest BCUT2D eigenvalue weighted by atomic mass is 32.2. The van der Waals surface area contributed by atoms with Crippen LogP contribution < -0.4 is 0 Å². The smallest absolute Gasteiger partial charge is 0.309 e. The van der Waals surface area contributed by atoms with Crippen LogP contribution in [0.3, 0.4) is 0 Å². The fourth-order valence-electron chi connectivity index (χ4n) is 2.01. The summed E-state index contributed by atoms with van der Waals surface area (Å²) in [6, 6.07) is 5.68. The fraction of sp³-hybridized carbons (Fsp3) is 0.500. The predicted octanol–water partition coefficient (Wildman–Crippen LogP) is 2.03. The molecule has 0 heterocycles. The molecule has 5 heteroatoms. The molecule has 0 aliphatic heterocycles. The minimum Gasteiger partial charge on any atom is -0.469 e. The molecule has 1 aromatic carbocycles. The van der Waals surface area contributed by atoms with E-state index in [9.17, 15) is 13.2 Å². The zero-order valence-corrected chi connectivity index (χ0v) is 12.6. The number of rotatable bonds is 5. The molecule has 0 N–H and O–H groups in total. The minimum absolute atomic E-state index is 0.0349. The van der Waals surface area contributed by atoms with Gasteiger partial charge in [0.1, 0.15) is 0 Å². The van der Waals surface area contributed by atoms with Crippen LogP contribution in [-0.2, 0) is 25.1 Å². The quantitative estimate of drug-likeness (QED) is 0.776.